The van der Waals surface area contributed by atoms with E-state index < -0.39 is 5.54 Å². The van der Waals surface area contributed by atoms with Crippen molar-refractivity contribution >= 4 is 29.5 Å². The average Bonchev–Trinajstić information content (AvgIpc) is 2.71. The number of benzene rings is 1. The van der Waals surface area contributed by atoms with Gasteiger partial charge in [-0.2, -0.15) is 0 Å². The van der Waals surface area contributed by atoms with Crippen LogP contribution in [0.5, 0.6) is 0 Å². The van der Waals surface area contributed by atoms with Crippen molar-refractivity contribution in [2.75, 3.05) is 7.11 Å². The van der Waals surface area contributed by atoms with Gasteiger partial charge in [0.25, 0.3) is 0 Å². The zero-order valence-corrected chi connectivity index (χ0v) is 11.0. The summed E-state index contributed by atoms with van der Waals surface area (Å²) in [6.45, 7) is 3.67. The van der Waals surface area contributed by atoms with Crippen LogP contribution in [0.4, 0.5) is 0 Å². The van der Waals surface area contributed by atoms with Gasteiger partial charge >= 0.3 is 5.97 Å². The Morgan fingerprint density at radius 2 is 2.06 bits per heavy atom. The minimum absolute atomic E-state index is 0.264. The van der Waals surface area contributed by atoms with Gasteiger partial charge in [0.15, 0.2) is 0 Å². The van der Waals surface area contributed by atoms with E-state index in [1.165, 1.54) is 7.11 Å². The van der Waals surface area contributed by atoms with Crippen LogP contribution in [0.15, 0.2) is 35.4 Å². The molecule has 4 heteroatoms. The number of ether oxygens (including phenoxy) is 1. The molecule has 0 aliphatic rings. The van der Waals surface area contributed by atoms with Gasteiger partial charge in [-0.15, -0.1) is 12.6 Å². The first-order valence-corrected chi connectivity index (χ1v) is 5.80. The smallest absolute Gasteiger partial charge is 0.331 e. The molecule has 17 heavy (non-hydrogen) atoms. The molecule has 0 saturated heterocycles. The third-order valence-electron chi connectivity index (χ3n) is 2.96. The van der Waals surface area contributed by atoms with E-state index in [-0.39, 0.29) is 5.97 Å². The number of hydrogen-bond donors (Lipinski definition) is 1. The van der Waals surface area contributed by atoms with Crippen molar-refractivity contribution in [1.29, 1.82) is 0 Å². The van der Waals surface area contributed by atoms with Gasteiger partial charge in [0.05, 0.1) is 12.6 Å². The van der Waals surface area contributed by atoms with E-state index in [4.69, 9.17) is 4.74 Å². The fraction of sp³-hybridized carbons (Fsp3) is 0.308. The van der Waals surface area contributed by atoms with Gasteiger partial charge in [0.1, 0.15) is 5.54 Å². The van der Waals surface area contributed by atoms with Crippen LogP contribution >= 0.6 is 12.6 Å². The molecule has 0 aliphatic carbocycles. The minimum atomic E-state index is -0.724. The maximum Gasteiger partial charge on any atom is 0.331 e. The zero-order chi connectivity index (χ0) is 12.6. The molecule has 0 amide bonds. The topological polar surface area (TPSA) is 31.2 Å². The molecule has 2 aromatic rings. The standard InChI is InChI=1S/C13H15NO2S/c1-13(2,12(15)16-3)14-7-6-9-4-5-10(17)8-11(9)14/h4-8,17H,1-3H3. The first kappa shape index (κ1) is 12.0. The third kappa shape index (κ3) is 1.93. The van der Waals surface area contributed by atoms with Gasteiger partial charge in [-0.25, -0.2) is 4.79 Å². The molecule has 1 heterocycles. The van der Waals surface area contributed by atoms with E-state index >= 15 is 0 Å². The van der Waals surface area contributed by atoms with Gasteiger partial charge in [-0.1, -0.05) is 6.07 Å². The highest BCUT2D eigenvalue weighted by Gasteiger charge is 2.31. The largest absolute Gasteiger partial charge is 0.467 e. The van der Waals surface area contributed by atoms with Gasteiger partial charge < -0.3 is 9.30 Å². The van der Waals surface area contributed by atoms with Gasteiger partial charge in [0.2, 0.25) is 0 Å². The summed E-state index contributed by atoms with van der Waals surface area (Å²) < 4.78 is 6.75. The maximum absolute atomic E-state index is 11.8. The third-order valence-corrected chi connectivity index (χ3v) is 3.24. The SMILES string of the molecule is COC(=O)C(C)(C)n1ccc2ccc(S)cc21. The molecule has 0 saturated carbocycles. The Morgan fingerprint density at radius 3 is 2.71 bits per heavy atom. The number of fused-ring (bicyclic) bond motifs is 1. The lowest BCUT2D eigenvalue weighted by Crippen LogP contribution is -2.36. The number of thiol groups is 1. The number of aromatic nitrogens is 1. The Kier molecular flexibility index (Phi) is 2.91. The van der Waals surface area contributed by atoms with E-state index in [0.29, 0.717) is 0 Å². The lowest BCUT2D eigenvalue weighted by atomic mass is 10.1. The highest BCUT2D eigenvalue weighted by Crippen LogP contribution is 2.26. The van der Waals surface area contributed by atoms with Crippen molar-refractivity contribution in [1.82, 2.24) is 4.57 Å². The highest BCUT2D eigenvalue weighted by molar-refractivity contribution is 7.80. The maximum atomic E-state index is 11.8. The van der Waals surface area contributed by atoms with Crippen LogP contribution in [0, 0.1) is 0 Å². The van der Waals surface area contributed by atoms with E-state index in [1.54, 1.807) is 0 Å². The number of hydrogen-bond acceptors (Lipinski definition) is 3. The zero-order valence-electron chi connectivity index (χ0n) is 10.1. The van der Waals surface area contributed by atoms with Crippen LogP contribution in [0.2, 0.25) is 0 Å². The van der Waals surface area contributed by atoms with E-state index in [1.807, 2.05) is 48.9 Å². The van der Waals surface area contributed by atoms with Crippen LogP contribution in [-0.4, -0.2) is 17.6 Å². The summed E-state index contributed by atoms with van der Waals surface area (Å²) >= 11 is 4.32. The highest BCUT2D eigenvalue weighted by atomic mass is 32.1. The first-order valence-electron chi connectivity index (χ1n) is 5.36. The van der Waals surface area contributed by atoms with Crippen molar-refractivity contribution in [3.63, 3.8) is 0 Å². The van der Waals surface area contributed by atoms with Crippen molar-refractivity contribution in [3.8, 4) is 0 Å². The lowest BCUT2D eigenvalue weighted by molar-refractivity contribution is -0.149. The van der Waals surface area contributed by atoms with Crippen molar-refractivity contribution in [3.05, 3.63) is 30.5 Å². The molecule has 3 nitrogen and oxygen atoms in total. The molecule has 0 bridgehead atoms. The molecule has 0 N–H and O–H groups in total. The van der Waals surface area contributed by atoms with E-state index in [9.17, 15) is 4.79 Å². The van der Waals surface area contributed by atoms with Crippen LogP contribution in [0.1, 0.15) is 13.8 Å². The summed E-state index contributed by atoms with van der Waals surface area (Å²) in [5.41, 5.74) is 0.255. The number of rotatable bonds is 2. The molecule has 0 radical (unpaired) electrons. The molecule has 1 aromatic heterocycles. The molecular formula is C13H15NO2S. The normalized spacial score (nSPS) is 11.8. The summed E-state index contributed by atoms with van der Waals surface area (Å²) in [6.07, 6.45) is 1.90. The minimum Gasteiger partial charge on any atom is -0.467 e. The Morgan fingerprint density at radius 1 is 1.35 bits per heavy atom. The molecule has 1 aromatic carbocycles. The van der Waals surface area contributed by atoms with Gasteiger partial charge in [0, 0.05) is 11.1 Å². The lowest BCUT2D eigenvalue weighted by Gasteiger charge is -2.25. The van der Waals surface area contributed by atoms with Crippen LogP contribution < -0.4 is 0 Å². The molecule has 0 unspecified atom stereocenters. The Bertz CT molecular complexity index is 572. The second-order valence-corrected chi connectivity index (χ2v) is 5.00. The predicted octanol–water partition coefficient (Wildman–Crippen LogP) is 2.84. The molecular weight excluding hydrogens is 234 g/mol. The monoisotopic (exact) mass is 249 g/mol. The molecule has 0 aliphatic heterocycles. The molecule has 0 spiro atoms. The Balaban J connectivity index is 2.63. The van der Waals surface area contributed by atoms with Crippen LogP contribution in [0.3, 0.4) is 0 Å². The quantitative estimate of drug-likeness (QED) is 0.655. The summed E-state index contributed by atoms with van der Waals surface area (Å²) in [4.78, 5) is 12.7. The van der Waals surface area contributed by atoms with Gasteiger partial charge in [-0.05, 0) is 37.4 Å². The number of nitrogens with zero attached hydrogens (tertiary/aromatic N) is 1. The first-order chi connectivity index (χ1) is 7.96. The Hall–Kier alpha value is -1.42. The molecule has 2 rings (SSSR count). The summed E-state index contributed by atoms with van der Waals surface area (Å²) in [5.74, 6) is -0.264. The summed E-state index contributed by atoms with van der Waals surface area (Å²) in [5, 5.41) is 1.08. The summed E-state index contributed by atoms with van der Waals surface area (Å²) in [6, 6.07) is 7.85. The fourth-order valence-electron chi connectivity index (χ4n) is 1.95. The Labute approximate surface area is 106 Å². The summed E-state index contributed by atoms with van der Waals surface area (Å²) in [7, 11) is 1.40. The average molecular weight is 249 g/mol. The number of carbonyl (C=O) groups is 1. The van der Waals surface area contributed by atoms with Crippen LogP contribution in [0.25, 0.3) is 10.9 Å². The predicted molar refractivity (Wildman–Crippen MR) is 70.5 cm³/mol. The number of esters is 1. The number of methoxy groups -OCH3 is 1. The second kappa shape index (κ2) is 4.11. The molecule has 0 atom stereocenters. The molecule has 90 valence electrons. The molecule has 0 fully saturated rings. The van der Waals surface area contributed by atoms with Gasteiger partial charge in [-0.3, -0.25) is 0 Å². The second-order valence-electron chi connectivity index (χ2n) is 4.48. The van der Waals surface area contributed by atoms with Crippen molar-refractivity contribution in [2.24, 2.45) is 0 Å². The van der Waals surface area contributed by atoms with Crippen molar-refractivity contribution < 1.29 is 9.53 Å². The van der Waals surface area contributed by atoms with E-state index in [0.717, 1.165) is 15.8 Å². The van der Waals surface area contributed by atoms with Crippen LogP contribution in [-0.2, 0) is 15.1 Å². The fourth-order valence-corrected chi connectivity index (χ4v) is 2.15. The van der Waals surface area contributed by atoms with E-state index in [2.05, 4.69) is 12.6 Å². The van der Waals surface area contributed by atoms with Crippen molar-refractivity contribution in [2.45, 2.75) is 24.3 Å². The number of carbonyl (C=O) groups excluding carboxylic acids is 1.